The van der Waals surface area contributed by atoms with E-state index in [0.29, 0.717) is 28.9 Å². The highest BCUT2D eigenvalue weighted by Gasteiger charge is 2.47. The van der Waals surface area contributed by atoms with Crippen LogP contribution in [0.5, 0.6) is 0 Å². The maximum Gasteiger partial charge on any atom is 0.308 e. The highest BCUT2D eigenvalue weighted by molar-refractivity contribution is 5.91. The molecular formula is C27H24N6O2. The van der Waals surface area contributed by atoms with Gasteiger partial charge in [-0.15, -0.1) is 0 Å². The third kappa shape index (κ3) is 4.10. The molecule has 0 saturated heterocycles. The van der Waals surface area contributed by atoms with Crippen LogP contribution >= 0.6 is 0 Å². The average Bonchev–Trinajstić information content (AvgIpc) is 3.33. The second-order valence-corrected chi connectivity index (χ2v) is 9.27. The normalized spacial score (nSPS) is 23.0. The number of fused-ring (bicyclic) bond motifs is 4. The predicted molar refractivity (Wildman–Crippen MR) is 131 cm³/mol. The number of aliphatic carboxylic acids is 1. The lowest BCUT2D eigenvalue weighted by molar-refractivity contribution is -0.148. The van der Waals surface area contributed by atoms with Gasteiger partial charge in [0.05, 0.1) is 5.92 Å². The van der Waals surface area contributed by atoms with Crippen molar-refractivity contribution < 1.29 is 9.90 Å². The maximum absolute atomic E-state index is 12.2. The van der Waals surface area contributed by atoms with Crippen LogP contribution in [0, 0.1) is 29.6 Å². The summed E-state index contributed by atoms with van der Waals surface area (Å²) in [6, 6.07) is 11.4. The van der Waals surface area contributed by atoms with Crippen molar-refractivity contribution in [2.45, 2.75) is 31.7 Å². The second kappa shape index (κ2) is 8.84. The Hall–Kier alpha value is -4.25. The minimum absolute atomic E-state index is 0.163. The highest BCUT2D eigenvalue weighted by atomic mass is 16.4. The number of aromatic nitrogens is 5. The third-order valence-electron chi connectivity index (χ3n) is 7.25. The summed E-state index contributed by atoms with van der Waals surface area (Å²) >= 11 is 0. The first kappa shape index (κ1) is 21.3. The van der Waals surface area contributed by atoms with Crippen LogP contribution < -0.4 is 5.32 Å². The Kier molecular flexibility index (Phi) is 5.38. The van der Waals surface area contributed by atoms with Crippen molar-refractivity contribution in [1.82, 2.24) is 24.9 Å². The molecular weight excluding hydrogens is 440 g/mol. The topological polar surface area (TPSA) is 117 Å². The zero-order valence-electron chi connectivity index (χ0n) is 19.0. The molecule has 1 aromatic carbocycles. The number of anilines is 1. The van der Waals surface area contributed by atoms with E-state index >= 15 is 0 Å². The van der Waals surface area contributed by atoms with Crippen LogP contribution in [0.25, 0.3) is 22.4 Å². The van der Waals surface area contributed by atoms with Gasteiger partial charge >= 0.3 is 5.97 Å². The van der Waals surface area contributed by atoms with Gasteiger partial charge in [-0.3, -0.25) is 4.79 Å². The summed E-state index contributed by atoms with van der Waals surface area (Å²) in [6.07, 6.45) is 9.09. The van der Waals surface area contributed by atoms with Crippen molar-refractivity contribution in [2.75, 3.05) is 5.32 Å². The smallest absolute Gasteiger partial charge is 0.308 e. The standard InChI is InChI=1S/C27H24N6O2/c34-27(35)23-17-7-9-18(10-8-17)24(23)32-22-12-19(11-6-16-4-2-1-3-5-16)31-26(33-22)21-14-29-25-20(21)13-28-15-30-25/h1-5,12-15,17-18,23-24H,7-10H2,(H,34,35)(H,28,29,30)(H,31,32,33)/t17?,18?,23-,24-/m0/s1. The third-order valence-corrected chi connectivity index (χ3v) is 7.25. The van der Waals surface area contributed by atoms with Crippen LogP contribution in [0.3, 0.4) is 0 Å². The Balaban J connectivity index is 1.42. The van der Waals surface area contributed by atoms with Crippen LogP contribution in [0.2, 0.25) is 0 Å². The fourth-order valence-electron chi connectivity index (χ4n) is 5.59. The molecule has 3 saturated carbocycles. The van der Waals surface area contributed by atoms with E-state index in [2.05, 4.69) is 32.1 Å². The van der Waals surface area contributed by atoms with Gasteiger partial charge in [0.2, 0.25) is 0 Å². The Labute approximate surface area is 202 Å². The fourth-order valence-corrected chi connectivity index (χ4v) is 5.59. The van der Waals surface area contributed by atoms with Gasteiger partial charge in [0.15, 0.2) is 5.82 Å². The number of H-pyrrole nitrogens is 1. The van der Waals surface area contributed by atoms with Crippen LogP contribution in [0.4, 0.5) is 5.82 Å². The van der Waals surface area contributed by atoms with E-state index in [1.165, 1.54) is 6.33 Å². The quantitative estimate of drug-likeness (QED) is 0.389. The minimum atomic E-state index is -0.732. The summed E-state index contributed by atoms with van der Waals surface area (Å²) in [5.74, 6) is 6.77. The molecule has 3 aliphatic carbocycles. The molecule has 3 heterocycles. The molecule has 0 aliphatic heterocycles. The van der Waals surface area contributed by atoms with Gasteiger partial charge in [0.25, 0.3) is 0 Å². The number of carboxylic acids is 1. The van der Waals surface area contributed by atoms with E-state index < -0.39 is 11.9 Å². The van der Waals surface area contributed by atoms with Crippen molar-refractivity contribution in [3.05, 3.63) is 66.4 Å². The Bertz CT molecular complexity index is 1450. The lowest BCUT2D eigenvalue weighted by atomic mass is 9.61. The number of carbonyl (C=O) groups is 1. The molecule has 8 nitrogen and oxygen atoms in total. The molecule has 3 N–H and O–H groups in total. The van der Waals surface area contributed by atoms with Gasteiger partial charge in [-0.2, -0.15) is 0 Å². The fraction of sp³-hybridized carbons (Fsp3) is 0.296. The number of rotatable bonds is 4. The van der Waals surface area contributed by atoms with Crippen LogP contribution in [-0.4, -0.2) is 42.0 Å². The molecule has 3 aromatic heterocycles. The highest BCUT2D eigenvalue weighted by Crippen LogP contribution is 2.46. The first-order valence-electron chi connectivity index (χ1n) is 11.9. The molecule has 4 aromatic rings. The summed E-state index contributed by atoms with van der Waals surface area (Å²) in [6.45, 7) is 0. The Morgan fingerprint density at radius 3 is 2.66 bits per heavy atom. The van der Waals surface area contributed by atoms with Gasteiger partial charge in [-0.05, 0) is 55.6 Å². The predicted octanol–water partition coefficient (Wildman–Crippen LogP) is 4.12. The van der Waals surface area contributed by atoms with Gasteiger partial charge in [-0.1, -0.05) is 24.1 Å². The molecule has 0 radical (unpaired) electrons. The number of nitrogens with zero attached hydrogens (tertiary/aromatic N) is 4. The molecule has 2 atom stereocenters. The summed E-state index contributed by atoms with van der Waals surface area (Å²) in [4.78, 5) is 33.2. The number of nitrogens with one attached hydrogen (secondary N) is 2. The zero-order valence-corrected chi connectivity index (χ0v) is 19.0. The van der Waals surface area contributed by atoms with E-state index in [-0.39, 0.29) is 12.0 Å². The lowest BCUT2D eigenvalue weighted by Gasteiger charge is -2.47. The summed E-state index contributed by atoms with van der Waals surface area (Å²) < 4.78 is 0. The molecule has 0 unspecified atom stereocenters. The molecule has 3 aliphatic rings. The molecule has 7 rings (SSSR count). The molecule has 0 amide bonds. The SMILES string of the molecule is O=C(O)[C@H]1C2CCC(CC2)[C@@H]1Nc1cc(C#Cc2ccccc2)nc(-c2c[nH]c3ncncc23)n1. The number of aromatic amines is 1. The summed E-state index contributed by atoms with van der Waals surface area (Å²) in [5.41, 5.74) is 2.91. The first-order chi connectivity index (χ1) is 17.2. The van der Waals surface area contributed by atoms with Crippen molar-refractivity contribution >= 4 is 22.8 Å². The van der Waals surface area contributed by atoms with E-state index in [9.17, 15) is 9.90 Å². The molecule has 174 valence electrons. The molecule has 2 bridgehead atoms. The van der Waals surface area contributed by atoms with Gasteiger partial charge in [0, 0.05) is 41.0 Å². The Morgan fingerprint density at radius 1 is 1.06 bits per heavy atom. The van der Waals surface area contributed by atoms with Crippen LogP contribution in [0.1, 0.15) is 36.9 Å². The van der Waals surface area contributed by atoms with Crippen LogP contribution in [0.15, 0.2) is 55.1 Å². The molecule has 0 spiro atoms. The van der Waals surface area contributed by atoms with Crippen molar-refractivity contribution in [3.8, 4) is 23.2 Å². The van der Waals surface area contributed by atoms with Crippen molar-refractivity contribution in [2.24, 2.45) is 17.8 Å². The van der Waals surface area contributed by atoms with Gasteiger partial charge in [-0.25, -0.2) is 19.9 Å². The molecule has 8 heteroatoms. The van der Waals surface area contributed by atoms with E-state index in [1.54, 1.807) is 6.20 Å². The minimum Gasteiger partial charge on any atom is -0.481 e. The first-order valence-corrected chi connectivity index (χ1v) is 11.9. The number of hydrogen-bond donors (Lipinski definition) is 3. The van der Waals surface area contributed by atoms with Crippen molar-refractivity contribution in [3.63, 3.8) is 0 Å². The number of benzene rings is 1. The monoisotopic (exact) mass is 464 g/mol. The maximum atomic E-state index is 12.2. The zero-order chi connectivity index (χ0) is 23.8. The van der Waals surface area contributed by atoms with Crippen molar-refractivity contribution in [1.29, 1.82) is 0 Å². The second-order valence-electron chi connectivity index (χ2n) is 9.27. The lowest BCUT2D eigenvalue weighted by Crippen LogP contribution is -2.51. The molecule has 35 heavy (non-hydrogen) atoms. The van der Waals surface area contributed by atoms with E-state index in [1.807, 2.05) is 42.6 Å². The van der Waals surface area contributed by atoms with E-state index in [4.69, 9.17) is 9.97 Å². The number of hydrogen-bond acceptors (Lipinski definition) is 6. The van der Waals surface area contributed by atoms with E-state index in [0.717, 1.165) is 42.2 Å². The number of carboxylic acid groups (broad SMARTS) is 1. The molecule has 3 fully saturated rings. The largest absolute Gasteiger partial charge is 0.481 e. The Morgan fingerprint density at radius 2 is 1.86 bits per heavy atom. The summed E-state index contributed by atoms with van der Waals surface area (Å²) in [5, 5.41) is 14.3. The van der Waals surface area contributed by atoms with Gasteiger partial charge in [0.1, 0.15) is 23.5 Å². The average molecular weight is 465 g/mol. The summed E-state index contributed by atoms with van der Waals surface area (Å²) in [7, 11) is 0. The van der Waals surface area contributed by atoms with Gasteiger partial charge < -0.3 is 15.4 Å². The van der Waals surface area contributed by atoms with Crippen LogP contribution in [-0.2, 0) is 4.79 Å².